The van der Waals surface area contributed by atoms with Crippen molar-refractivity contribution in [1.82, 2.24) is 4.90 Å². The molecule has 0 unspecified atom stereocenters. The predicted molar refractivity (Wildman–Crippen MR) is 82.7 cm³/mol. The van der Waals surface area contributed by atoms with E-state index in [1.807, 2.05) is 35.4 Å². The lowest BCUT2D eigenvalue weighted by Crippen LogP contribution is -2.48. The van der Waals surface area contributed by atoms with Crippen LogP contribution in [-0.2, 0) is 9.47 Å². The maximum atomic E-state index is 12.4. The van der Waals surface area contributed by atoms with Crippen LogP contribution in [0.2, 0.25) is 0 Å². The van der Waals surface area contributed by atoms with Gasteiger partial charge in [0, 0.05) is 30.8 Å². The van der Waals surface area contributed by atoms with Crippen molar-refractivity contribution >= 4 is 23.5 Å². The van der Waals surface area contributed by atoms with Crippen molar-refractivity contribution in [2.75, 3.05) is 37.9 Å². The summed E-state index contributed by atoms with van der Waals surface area (Å²) in [5.41, 5.74) is 0.864. The first-order valence-corrected chi connectivity index (χ1v) is 8.42. The first kappa shape index (κ1) is 14.7. The van der Waals surface area contributed by atoms with Crippen molar-refractivity contribution in [2.45, 2.75) is 23.5 Å². The standard InChI is InChI=1S/C15H20N2O3S/c1-21-13-5-3-2-4-12(13)16-14(18)17-8-6-15(7-9-17)19-10-11-20-15/h2-5H,6-11H2,1H3,(H,16,18). The molecule has 1 aromatic carbocycles. The maximum absolute atomic E-state index is 12.4. The zero-order chi connectivity index (χ0) is 14.7. The minimum atomic E-state index is -0.437. The van der Waals surface area contributed by atoms with Gasteiger partial charge in [-0.3, -0.25) is 0 Å². The molecule has 114 valence electrons. The van der Waals surface area contributed by atoms with Crippen LogP contribution in [0.25, 0.3) is 0 Å². The van der Waals surface area contributed by atoms with Crippen LogP contribution >= 0.6 is 11.8 Å². The molecule has 2 aliphatic heterocycles. The summed E-state index contributed by atoms with van der Waals surface area (Å²) in [6, 6.07) is 7.79. The van der Waals surface area contributed by atoms with E-state index >= 15 is 0 Å². The van der Waals surface area contributed by atoms with E-state index in [1.54, 1.807) is 11.8 Å². The van der Waals surface area contributed by atoms with Crippen LogP contribution < -0.4 is 5.32 Å². The molecule has 0 bridgehead atoms. The number of para-hydroxylation sites is 1. The minimum absolute atomic E-state index is 0.0515. The van der Waals surface area contributed by atoms with Crippen LogP contribution in [-0.4, -0.2) is 49.3 Å². The van der Waals surface area contributed by atoms with E-state index in [2.05, 4.69) is 5.32 Å². The molecule has 2 fully saturated rings. The van der Waals surface area contributed by atoms with E-state index in [1.165, 1.54) is 0 Å². The third kappa shape index (κ3) is 3.17. The van der Waals surface area contributed by atoms with Gasteiger partial charge in [-0.1, -0.05) is 12.1 Å². The highest BCUT2D eigenvalue weighted by Gasteiger charge is 2.40. The van der Waals surface area contributed by atoms with Gasteiger partial charge in [0.15, 0.2) is 5.79 Å². The molecule has 0 aliphatic carbocycles. The van der Waals surface area contributed by atoms with E-state index in [0.29, 0.717) is 26.3 Å². The number of carbonyl (C=O) groups is 1. The molecular formula is C15H20N2O3S. The average molecular weight is 308 g/mol. The molecular weight excluding hydrogens is 288 g/mol. The number of piperidine rings is 1. The second kappa shape index (κ2) is 6.25. The van der Waals surface area contributed by atoms with Gasteiger partial charge in [-0.2, -0.15) is 0 Å². The highest BCUT2D eigenvalue weighted by atomic mass is 32.2. The summed E-state index contributed by atoms with van der Waals surface area (Å²) in [7, 11) is 0. The summed E-state index contributed by atoms with van der Waals surface area (Å²) in [5.74, 6) is -0.437. The lowest BCUT2D eigenvalue weighted by atomic mass is 10.0. The van der Waals surface area contributed by atoms with Gasteiger partial charge in [-0.25, -0.2) is 4.79 Å². The summed E-state index contributed by atoms with van der Waals surface area (Å²) in [5, 5.41) is 2.99. The smallest absolute Gasteiger partial charge is 0.321 e. The molecule has 21 heavy (non-hydrogen) atoms. The summed E-state index contributed by atoms with van der Waals surface area (Å²) in [4.78, 5) is 15.3. The van der Waals surface area contributed by atoms with Gasteiger partial charge in [0.1, 0.15) is 0 Å². The van der Waals surface area contributed by atoms with Gasteiger partial charge in [-0.15, -0.1) is 11.8 Å². The van der Waals surface area contributed by atoms with Gasteiger partial charge < -0.3 is 19.7 Å². The number of rotatable bonds is 2. The Labute approximate surface area is 129 Å². The molecule has 2 heterocycles. The highest BCUT2D eigenvalue weighted by Crippen LogP contribution is 2.32. The van der Waals surface area contributed by atoms with E-state index in [9.17, 15) is 4.79 Å². The number of urea groups is 1. The number of nitrogens with one attached hydrogen (secondary N) is 1. The van der Waals surface area contributed by atoms with Crippen molar-refractivity contribution in [1.29, 1.82) is 0 Å². The Balaban J connectivity index is 1.59. The molecule has 2 saturated heterocycles. The second-order valence-corrected chi connectivity index (χ2v) is 6.07. The number of likely N-dealkylation sites (tertiary alicyclic amines) is 1. The Bertz CT molecular complexity index is 507. The van der Waals surface area contributed by atoms with Crippen molar-refractivity contribution in [2.24, 2.45) is 0 Å². The topological polar surface area (TPSA) is 50.8 Å². The molecule has 1 N–H and O–H groups in total. The van der Waals surface area contributed by atoms with Crippen LogP contribution in [0.15, 0.2) is 29.2 Å². The van der Waals surface area contributed by atoms with Crippen molar-refractivity contribution in [3.63, 3.8) is 0 Å². The predicted octanol–water partition coefficient (Wildman–Crippen LogP) is 2.78. The van der Waals surface area contributed by atoms with Gasteiger partial charge >= 0.3 is 6.03 Å². The number of thioether (sulfide) groups is 1. The van der Waals surface area contributed by atoms with E-state index in [4.69, 9.17) is 9.47 Å². The Hall–Kier alpha value is -1.24. The second-order valence-electron chi connectivity index (χ2n) is 5.23. The largest absolute Gasteiger partial charge is 0.347 e. The molecule has 0 saturated carbocycles. The number of ether oxygens (including phenoxy) is 2. The van der Waals surface area contributed by atoms with E-state index in [-0.39, 0.29) is 6.03 Å². The van der Waals surface area contributed by atoms with Crippen molar-refractivity contribution < 1.29 is 14.3 Å². The number of hydrogen-bond acceptors (Lipinski definition) is 4. The monoisotopic (exact) mass is 308 g/mol. The Morgan fingerprint density at radius 2 is 1.90 bits per heavy atom. The number of benzene rings is 1. The fraction of sp³-hybridized carbons (Fsp3) is 0.533. The molecule has 2 amide bonds. The molecule has 0 atom stereocenters. The van der Waals surface area contributed by atoms with Crippen LogP contribution in [0, 0.1) is 0 Å². The Kier molecular flexibility index (Phi) is 4.37. The Morgan fingerprint density at radius 3 is 2.57 bits per heavy atom. The summed E-state index contributed by atoms with van der Waals surface area (Å²) in [6.07, 6.45) is 3.49. The highest BCUT2D eigenvalue weighted by molar-refractivity contribution is 7.98. The first-order chi connectivity index (χ1) is 10.2. The number of anilines is 1. The molecule has 2 aliphatic rings. The number of nitrogens with zero attached hydrogens (tertiary/aromatic N) is 1. The normalized spacial score (nSPS) is 20.7. The summed E-state index contributed by atoms with van der Waals surface area (Å²) >= 11 is 1.63. The van der Waals surface area contributed by atoms with Gasteiger partial charge in [0.25, 0.3) is 0 Å². The number of hydrogen-bond donors (Lipinski definition) is 1. The molecule has 6 heteroatoms. The molecule has 0 radical (unpaired) electrons. The van der Waals surface area contributed by atoms with Gasteiger partial charge in [0.05, 0.1) is 18.9 Å². The Morgan fingerprint density at radius 1 is 1.24 bits per heavy atom. The summed E-state index contributed by atoms with van der Waals surface area (Å²) < 4.78 is 11.4. The third-order valence-electron chi connectivity index (χ3n) is 3.97. The van der Waals surface area contributed by atoms with Gasteiger partial charge in [0.2, 0.25) is 0 Å². The molecule has 1 spiro atoms. The average Bonchev–Trinajstić information content (AvgIpc) is 2.96. The number of carbonyl (C=O) groups excluding carboxylic acids is 1. The third-order valence-corrected chi connectivity index (χ3v) is 4.77. The lowest BCUT2D eigenvalue weighted by molar-refractivity contribution is -0.181. The zero-order valence-electron chi connectivity index (χ0n) is 12.1. The van der Waals surface area contributed by atoms with E-state index in [0.717, 1.165) is 23.4 Å². The maximum Gasteiger partial charge on any atom is 0.321 e. The first-order valence-electron chi connectivity index (χ1n) is 7.19. The van der Waals surface area contributed by atoms with Gasteiger partial charge in [-0.05, 0) is 18.4 Å². The fourth-order valence-corrected chi connectivity index (χ4v) is 3.33. The van der Waals surface area contributed by atoms with Crippen LogP contribution in [0.3, 0.4) is 0 Å². The minimum Gasteiger partial charge on any atom is -0.347 e. The number of amides is 2. The van der Waals surface area contributed by atoms with Crippen LogP contribution in [0.1, 0.15) is 12.8 Å². The fourth-order valence-electron chi connectivity index (χ4n) is 2.78. The lowest BCUT2D eigenvalue weighted by Gasteiger charge is -2.37. The molecule has 1 aromatic rings. The van der Waals surface area contributed by atoms with Crippen LogP contribution in [0.5, 0.6) is 0 Å². The molecule has 0 aromatic heterocycles. The zero-order valence-corrected chi connectivity index (χ0v) is 12.9. The van der Waals surface area contributed by atoms with Crippen LogP contribution in [0.4, 0.5) is 10.5 Å². The summed E-state index contributed by atoms with van der Waals surface area (Å²) in [6.45, 7) is 2.64. The van der Waals surface area contributed by atoms with Crippen molar-refractivity contribution in [3.8, 4) is 0 Å². The quantitative estimate of drug-likeness (QED) is 0.854. The molecule has 5 nitrogen and oxygen atoms in total. The SMILES string of the molecule is CSc1ccccc1NC(=O)N1CCC2(CC1)OCCO2. The van der Waals surface area contributed by atoms with Crippen molar-refractivity contribution in [3.05, 3.63) is 24.3 Å². The van der Waals surface area contributed by atoms with E-state index < -0.39 is 5.79 Å². The molecule has 3 rings (SSSR count).